The Morgan fingerprint density at radius 3 is 2.57 bits per heavy atom. The van der Waals surface area contributed by atoms with Gasteiger partial charge in [-0.15, -0.1) is 0 Å². The van der Waals surface area contributed by atoms with Gasteiger partial charge >= 0.3 is 6.09 Å². The number of aliphatic hydroxyl groups excluding tert-OH is 1. The molecule has 0 radical (unpaired) electrons. The Morgan fingerprint density at radius 2 is 2.03 bits per heavy atom. The molecule has 0 bridgehead atoms. The van der Waals surface area contributed by atoms with E-state index in [-0.39, 0.29) is 36.1 Å². The van der Waals surface area contributed by atoms with Crippen molar-refractivity contribution < 1.29 is 24.4 Å². The number of aliphatic hydroxyl groups is 1. The number of nitro benzene ring substituents is 1. The molecule has 198 valence electrons. The van der Waals surface area contributed by atoms with Gasteiger partial charge in [-0.3, -0.25) is 14.9 Å². The van der Waals surface area contributed by atoms with Crippen LogP contribution in [-0.2, 0) is 9.53 Å². The third-order valence-corrected chi connectivity index (χ3v) is 5.40. The Labute approximate surface area is 208 Å². The summed E-state index contributed by atoms with van der Waals surface area (Å²) < 4.78 is 5.17. The standard InChI is InChI=1S/C16H25N3O4.C7H11NO2.C2H6/c1-12(14-8-3-4-9-15(14)19(21)22)11-23-16(20)18-13(2)7-5-6-10-17;1-6(10)7-3-2-4-8(7)5-9;1-2/h3-4,8-9,12-13H,5-7,10-11,17H2,1-2H3,(H,18,20);5,7,10H,1-4H2;1-2H3/t12?,13-;7-;/m10./s1. The maximum Gasteiger partial charge on any atom is 0.407 e. The van der Waals surface area contributed by atoms with Gasteiger partial charge in [-0.25, -0.2) is 4.79 Å². The van der Waals surface area contributed by atoms with Crippen LogP contribution < -0.4 is 11.1 Å². The zero-order valence-electron chi connectivity index (χ0n) is 21.4. The summed E-state index contributed by atoms with van der Waals surface area (Å²) in [7, 11) is 0. The molecule has 1 unspecified atom stereocenters. The summed E-state index contributed by atoms with van der Waals surface area (Å²) in [6, 6.07) is 6.36. The fourth-order valence-electron chi connectivity index (χ4n) is 3.54. The number of alkyl carbamates (subject to hydrolysis) is 1. The van der Waals surface area contributed by atoms with Gasteiger partial charge in [0.25, 0.3) is 5.69 Å². The van der Waals surface area contributed by atoms with Crippen molar-refractivity contribution in [2.24, 2.45) is 5.73 Å². The second kappa shape index (κ2) is 18.2. The zero-order valence-corrected chi connectivity index (χ0v) is 21.4. The Morgan fingerprint density at radius 1 is 1.37 bits per heavy atom. The second-order valence-electron chi connectivity index (χ2n) is 8.14. The monoisotopic (exact) mass is 494 g/mol. The molecule has 2 amide bonds. The predicted octanol–water partition coefficient (Wildman–Crippen LogP) is 4.65. The van der Waals surface area contributed by atoms with Gasteiger partial charge in [-0.2, -0.15) is 0 Å². The Hall–Kier alpha value is -3.14. The smallest absolute Gasteiger partial charge is 0.407 e. The minimum atomic E-state index is -0.504. The highest BCUT2D eigenvalue weighted by atomic mass is 16.6. The molecule has 4 N–H and O–H groups in total. The molecule has 1 aromatic rings. The van der Waals surface area contributed by atoms with Crippen molar-refractivity contribution in [3.05, 3.63) is 52.3 Å². The van der Waals surface area contributed by atoms with Gasteiger partial charge in [-0.1, -0.05) is 52.0 Å². The van der Waals surface area contributed by atoms with Crippen molar-refractivity contribution in [2.45, 2.75) is 77.8 Å². The molecule has 3 atom stereocenters. The number of rotatable bonds is 11. The number of benzene rings is 1. The van der Waals surface area contributed by atoms with Crippen molar-refractivity contribution in [2.75, 3.05) is 19.7 Å². The zero-order chi connectivity index (χ0) is 26.8. The molecule has 2 rings (SSSR count). The Kier molecular flexibility index (Phi) is 16.6. The first-order valence-corrected chi connectivity index (χ1v) is 12.2. The van der Waals surface area contributed by atoms with E-state index in [4.69, 9.17) is 15.6 Å². The van der Waals surface area contributed by atoms with Crippen LogP contribution in [0.5, 0.6) is 0 Å². The lowest BCUT2D eigenvalue weighted by Crippen LogP contribution is -2.33. The van der Waals surface area contributed by atoms with Gasteiger partial charge in [0.15, 0.2) is 0 Å². The number of unbranched alkanes of at least 4 members (excludes halogenated alkanes) is 1. The maximum absolute atomic E-state index is 11.7. The highest BCUT2D eigenvalue weighted by molar-refractivity contribution is 5.67. The first kappa shape index (κ1) is 31.9. The van der Waals surface area contributed by atoms with Crippen LogP contribution in [0, 0.1) is 10.1 Å². The highest BCUT2D eigenvalue weighted by Crippen LogP contribution is 2.26. The molecule has 1 aliphatic rings. The molecule has 10 nitrogen and oxygen atoms in total. The minimum absolute atomic E-state index is 0.00965. The van der Waals surface area contributed by atoms with E-state index in [1.54, 1.807) is 30.0 Å². The molecular formula is C25H42N4O6. The van der Waals surface area contributed by atoms with Crippen LogP contribution in [0.3, 0.4) is 0 Å². The normalized spacial score (nSPS) is 15.9. The number of likely N-dealkylation sites (tertiary alicyclic amines) is 1. The van der Waals surface area contributed by atoms with Crippen LogP contribution in [0.1, 0.15) is 71.3 Å². The molecule has 1 fully saturated rings. The largest absolute Gasteiger partial charge is 0.511 e. The van der Waals surface area contributed by atoms with Crippen molar-refractivity contribution in [3.63, 3.8) is 0 Å². The molecule has 0 aliphatic carbocycles. The first-order valence-electron chi connectivity index (χ1n) is 12.2. The molecular weight excluding hydrogens is 452 g/mol. The molecule has 0 spiro atoms. The van der Waals surface area contributed by atoms with Gasteiger partial charge in [0.1, 0.15) is 12.4 Å². The van der Waals surface area contributed by atoms with Crippen LogP contribution >= 0.6 is 0 Å². The fourth-order valence-corrected chi connectivity index (χ4v) is 3.54. The first-order chi connectivity index (χ1) is 16.7. The van der Waals surface area contributed by atoms with Crippen molar-refractivity contribution >= 4 is 18.2 Å². The minimum Gasteiger partial charge on any atom is -0.511 e. The number of amides is 2. The number of nitro groups is 1. The number of nitrogens with zero attached hydrogens (tertiary/aromatic N) is 2. The number of carbonyl (C=O) groups is 2. The Bertz CT molecular complexity index is 789. The van der Waals surface area contributed by atoms with Crippen LogP contribution in [0.15, 0.2) is 36.6 Å². The molecule has 0 aromatic heterocycles. The number of hydrogen-bond acceptors (Lipinski definition) is 7. The molecule has 1 aliphatic heterocycles. The lowest BCUT2D eigenvalue weighted by molar-refractivity contribution is -0.385. The average molecular weight is 495 g/mol. The van der Waals surface area contributed by atoms with Crippen molar-refractivity contribution in [3.8, 4) is 0 Å². The predicted molar refractivity (Wildman–Crippen MR) is 137 cm³/mol. The summed E-state index contributed by atoms with van der Waals surface area (Å²) >= 11 is 0. The van der Waals surface area contributed by atoms with Crippen molar-refractivity contribution in [1.29, 1.82) is 0 Å². The van der Waals surface area contributed by atoms with Crippen LogP contribution in [-0.4, -0.2) is 59.2 Å². The van der Waals surface area contributed by atoms with E-state index in [1.807, 2.05) is 20.8 Å². The maximum atomic E-state index is 11.7. The van der Waals surface area contributed by atoms with Crippen LogP contribution in [0.25, 0.3) is 0 Å². The topological polar surface area (TPSA) is 148 Å². The van der Waals surface area contributed by atoms with E-state index in [1.165, 1.54) is 6.07 Å². The summed E-state index contributed by atoms with van der Waals surface area (Å²) in [5, 5.41) is 22.7. The Balaban J connectivity index is 0.000000798. The summed E-state index contributed by atoms with van der Waals surface area (Å²) in [6.07, 6.45) is 4.78. The quantitative estimate of drug-likeness (QED) is 0.133. The van der Waals surface area contributed by atoms with Gasteiger partial charge in [-0.05, 0) is 39.2 Å². The van der Waals surface area contributed by atoms with E-state index in [0.717, 1.165) is 45.1 Å². The number of nitrogens with two attached hydrogens (primary N) is 1. The van der Waals surface area contributed by atoms with Crippen LogP contribution in [0.2, 0.25) is 0 Å². The van der Waals surface area contributed by atoms with E-state index in [9.17, 15) is 19.7 Å². The number of para-hydroxylation sites is 1. The van der Waals surface area contributed by atoms with E-state index in [2.05, 4.69) is 11.9 Å². The summed E-state index contributed by atoms with van der Waals surface area (Å²) in [5.41, 5.74) is 6.02. The van der Waals surface area contributed by atoms with Crippen LogP contribution in [0.4, 0.5) is 10.5 Å². The molecule has 0 saturated carbocycles. The summed E-state index contributed by atoms with van der Waals surface area (Å²) in [6.45, 7) is 12.6. The number of carbonyl (C=O) groups excluding carboxylic acids is 2. The fraction of sp³-hybridized carbons (Fsp3) is 0.600. The van der Waals surface area contributed by atoms with Gasteiger partial charge in [0, 0.05) is 30.1 Å². The van der Waals surface area contributed by atoms with Crippen molar-refractivity contribution in [1.82, 2.24) is 10.2 Å². The molecule has 35 heavy (non-hydrogen) atoms. The number of hydrogen-bond donors (Lipinski definition) is 3. The van der Waals surface area contributed by atoms with Gasteiger partial charge in [0.05, 0.1) is 11.0 Å². The summed E-state index contributed by atoms with van der Waals surface area (Å²) in [4.78, 5) is 34.2. The molecule has 1 aromatic carbocycles. The second-order valence-corrected chi connectivity index (χ2v) is 8.14. The van der Waals surface area contributed by atoms with E-state index >= 15 is 0 Å². The summed E-state index contributed by atoms with van der Waals surface area (Å²) in [5.74, 6) is -0.153. The third-order valence-electron chi connectivity index (χ3n) is 5.40. The van der Waals surface area contributed by atoms with Gasteiger partial charge < -0.3 is 25.8 Å². The molecule has 1 saturated heterocycles. The SMILES string of the molecule is C=C(O)[C@@H]1CCCN1C=O.CC.CC(COC(=O)N[C@H](C)CCCCN)c1ccccc1[N+](=O)[O-]. The lowest BCUT2D eigenvalue weighted by Gasteiger charge is -2.17. The third kappa shape index (κ3) is 12.2. The van der Waals surface area contributed by atoms with E-state index < -0.39 is 11.0 Å². The number of ether oxygens (including phenoxy) is 1. The highest BCUT2D eigenvalue weighted by Gasteiger charge is 2.24. The molecule has 1 heterocycles. The number of nitrogens with one attached hydrogen (secondary N) is 1. The molecule has 10 heteroatoms. The lowest BCUT2D eigenvalue weighted by atomic mass is 10.0. The average Bonchev–Trinajstić information content (AvgIpc) is 3.34. The van der Waals surface area contributed by atoms with E-state index in [0.29, 0.717) is 12.1 Å². The van der Waals surface area contributed by atoms with Gasteiger partial charge in [0.2, 0.25) is 6.41 Å².